The lowest BCUT2D eigenvalue weighted by atomic mass is 10.2. The van der Waals surface area contributed by atoms with Gasteiger partial charge in [-0.2, -0.15) is 0 Å². The van der Waals surface area contributed by atoms with Crippen LogP contribution in [0.4, 0.5) is 10.1 Å². The van der Waals surface area contributed by atoms with Crippen LogP contribution < -0.4 is 4.72 Å². The summed E-state index contributed by atoms with van der Waals surface area (Å²) < 4.78 is 37.6. The molecular formula is C8H9BrFNO2S. The predicted octanol–water partition coefficient (Wildman–Crippen LogP) is 2.27. The minimum atomic E-state index is -3.43. The molecule has 1 N–H and O–H groups in total. The lowest BCUT2D eigenvalue weighted by Crippen LogP contribution is -2.11. The first kappa shape index (κ1) is 11.5. The molecule has 0 heterocycles. The zero-order chi connectivity index (χ0) is 10.9. The molecule has 0 aliphatic rings. The van der Waals surface area contributed by atoms with Crippen molar-refractivity contribution in [1.82, 2.24) is 0 Å². The van der Waals surface area contributed by atoms with Gasteiger partial charge in [-0.3, -0.25) is 4.72 Å². The zero-order valence-corrected chi connectivity index (χ0v) is 10.0. The molecule has 0 aliphatic carbocycles. The lowest BCUT2D eigenvalue weighted by Gasteiger charge is -2.07. The molecule has 0 unspecified atom stereocenters. The molecule has 14 heavy (non-hydrogen) atoms. The Hall–Kier alpha value is -0.620. The Morgan fingerprint density at radius 2 is 2.00 bits per heavy atom. The maximum Gasteiger partial charge on any atom is 0.229 e. The number of aryl methyl sites for hydroxylation is 1. The van der Waals surface area contributed by atoms with Crippen LogP contribution in [-0.4, -0.2) is 14.7 Å². The molecule has 78 valence electrons. The van der Waals surface area contributed by atoms with E-state index in [1.54, 1.807) is 6.92 Å². The monoisotopic (exact) mass is 281 g/mol. The Morgan fingerprint density at radius 1 is 1.43 bits per heavy atom. The van der Waals surface area contributed by atoms with Crippen molar-refractivity contribution in [3.63, 3.8) is 0 Å². The fourth-order valence-electron chi connectivity index (χ4n) is 0.935. The lowest BCUT2D eigenvalue weighted by molar-refractivity contribution is 0.603. The van der Waals surface area contributed by atoms with E-state index in [4.69, 9.17) is 0 Å². The quantitative estimate of drug-likeness (QED) is 0.904. The van der Waals surface area contributed by atoms with Gasteiger partial charge in [0.15, 0.2) is 0 Å². The predicted molar refractivity (Wildman–Crippen MR) is 57.3 cm³/mol. The van der Waals surface area contributed by atoms with Gasteiger partial charge >= 0.3 is 0 Å². The smallest absolute Gasteiger partial charge is 0.229 e. The second-order valence-corrected chi connectivity index (χ2v) is 5.56. The van der Waals surface area contributed by atoms with Crippen molar-refractivity contribution in [3.8, 4) is 0 Å². The Balaban J connectivity index is 3.17. The van der Waals surface area contributed by atoms with Gasteiger partial charge in [0, 0.05) is 4.47 Å². The number of hydrogen-bond acceptors (Lipinski definition) is 2. The summed E-state index contributed by atoms with van der Waals surface area (Å²) in [7, 11) is -3.43. The second kappa shape index (κ2) is 3.86. The number of anilines is 1. The van der Waals surface area contributed by atoms with Gasteiger partial charge in [0.1, 0.15) is 5.82 Å². The summed E-state index contributed by atoms with van der Waals surface area (Å²) in [5, 5.41) is 0. The largest absolute Gasteiger partial charge is 0.281 e. The van der Waals surface area contributed by atoms with Gasteiger partial charge in [0.05, 0.1) is 11.9 Å². The van der Waals surface area contributed by atoms with Crippen molar-refractivity contribution in [2.45, 2.75) is 6.92 Å². The van der Waals surface area contributed by atoms with Crippen LogP contribution in [-0.2, 0) is 10.0 Å². The Bertz CT molecular complexity index is 459. The third kappa shape index (κ3) is 2.95. The van der Waals surface area contributed by atoms with E-state index >= 15 is 0 Å². The second-order valence-electron chi connectivity index (χ2n) is 2.96. The van der Waals surface area contributed by atoms with Crippen LogP contribution in [0, 0.1) is 12.7 Å². The van der Waals surface area contributed by atoms with Crippen LogP contribution in [0.15, 0.2) is 16.6 Å². The van der Waals surface area contributed by atoms with Crippen LogP contribution in [0.5, 0.6) is 0 Å². The molecule has 6 heteroatoms. The average Bonchev–Trinajstić information content (AvgIpc) is 1.97. The van der Waals surface area contributed by atoms with E-state index in [0.29, 0.717) is 4.47 Å². The Kier molecular flexibility index (Phi) is 3.16. The van der Waals surface area contributed by atoms with Crippen molar-refractivity contribution >= 4 is 31.6 Å². The summed E-state index contributed by atoms with van der Waals surface area (Å²) in [5.74, 6) is -0.604. The van der Waals surface area contributed by atoms with Crippen molar-refractivity contribution in [2.24, 2.45) is 0 Å². The highest BCUT2D eigenvalue weighted by Gasteiger charge is 2.09. The molecule has 0 aromatic heterocycles. The molecule has 1 rings (SSSR count). The molecule has 0 radical (unpaired) electrons. The number of halogens is 2. The molecule has 0 spiro atoms. The molecule has 0 saturated carbocycles. The first-order valence-corrected chi connectivity index (χ1v) is 6.41. The molecule has 3 nitrogen and oxygen atoms in total. The minimum absolute atomic E-state index is 0.0341. The highest BCUT2D eigenvalue weighted by atomic mass is 79.9. The molecular weight excluding hydrogens is 273 g/mol. The summed E-state index contributed by atoms with van der Waals surface area (Å²) in [4.78, 5) is 0. The van der Waals surface area contributed by atoms with Gasteiger partial charge in [-0.05, 0) is 24.6 Å². The van der Waals surface area contributed by atoms with Gasteiger partial charge in [-0.15, -0.1) is 0 Å². The SMILES string of the molecule is Cc1cc(NS(C)(=O)=O)c(F)cc1Br. The Labute approximate surface area is 90.5 Å². The van der Waals surface area contributed by atoms with E-state index in [2.05, 4.69) is 20.7 Å². The third-order valence-corrected chi connectivity index (χ3v) is 2.99. The highest BCUT2D eigenvalue weighted by molar-refractivity contribution is 9.10. The molecule has 0 fully saturated rings. The summed E-state index contributed by atoms with van der Waals surface area (Å²) in [6.07, 6.45) is 0.976. The number of hydrogen-bond donors (Lipinski definition) is 1. The normalized spacial score (nSPS) is 11.4. The fourth-order valence-corrected chi connectivity index (χ4v) is 1.81. The molecule has 0 amide bonds. The summed E-state index contributed by atoms with van der Waals surface area (Å²) in [6, 6.07) is 2.66. The Morgan fingerprint density at radius 3 is 2.50 bits per heavy atom. The van der Waals surface area contributed by atoms with E-state index in [9.17, 15) is 12.8 Å². The van der Waals surface area contributed by atoms with E-state index in [-0.39, 0.29) is 5.69 Å². The van der Waals surface area contributed by atoms with Crippen molar-refractivity contribution in [3.05, 3.63) is 28.0 Å². The highest BCUT2D eigenvalue weighted by Crippen LogP contribution is 2.24. The molecule has 0 bridgehead atoms. The van der Waals surface area contributed by atoms with E-state index in [0.717, 1.165) is 11.8 Å². The van der Waals surface area contributed by atoms with Gasteiger partial charge in [-0.25, -0.2) is 12.8 Å². The van der Waals surface area contributed by atoms with E-state index in [1.165, 1.54) is 12.1 Å². The van der Waals surface area contributed by atoms with E-state index in [1.807, 2.05) is 0 Å². The van der Waals surface area contributed by atoms with Gasteiger partial charge in [0.2, 0.25) is 10.0 Å². The third-order valence-electron chi connectivity index (χ3n) is 1.54. The van der Waals surface area contributed by atoms with Crippen LogP contribution in [0.25, 0.3) is 0 Å². The maximum atomic E-state index is 13.2. The summed E-state index contributed by atoms with van der Waals surface area (Å²) in [5.41, 5.74) is 0.728. The minimum Gasteiger partial charge on any atom is -0.281 e. The van der Waals surface area contributed by atoms with Crippen LogP contribution >= 0.6 is 15.9 Å². The number of rotatable bonds is 2. The van der Waals surface area contributed by atoms with E-state index < -0.39 is 15.8 Å². The molecule has 0 atom stereocenters. The molecule has 1 aromatic rings. The summed E-state index contributed by atoms with van der Waals surface area (Å²) in [6.45, 7) is 1.75. The van der Waals surface area contributed by atoms with Gasteiger partial charge in [-0.1, -0.05) is 15.9 Å². The van der Waals surface area contributed by atoms with Crippen molar-refractivity contribution in [2.75, 3.05) is 11.0 Å². The fraction of sp³-hybridized carbons (Fsp3) is 0.250. The standard InChI is InChI=1S/C8H9BrFNO2S/c1-5-3-8(11-14(2,12)13)7(10)4-6(5)9/h3-4,11H,1-2H3. The van der Waals surface area contributed by atoms with Crippen LogP contribution in [0.2, 0.25) is 0 Å². The maximum absolute atomic E-state index is 13.2. The van der Waals surface area contributed by atoms with Crippen LogP contribution in [0.1, 0.15) is 5.56 Å². The number of benzene rings is 1. The molecule has 0 saturated heterocycles. The first-order chi connectivity index (χ1) is 6.29. The topological polar surface area (TPSA) is 46.2 Å². The van der Waals surface area contributed by atoms with Crippen molar-refractivity contribution < 1.29 is 12.8 Å². The average molecular weight is 282 g/mol. The zero-order valence-electron chi connectivity index (χ0n) is 7.64. The van der Waals surface area contributed by atoms with Gasteiger partial charge < -0.3 is 0 Å². The summed E-state index contributed by atoms with van der Waals surface area (Å²) >= 11 is 3.14. The van der Waals surface area contributed by atoms with Crippen LogP contribution in [0.3, 0.4) is 0 Å². The first-order valence-electron chi connectivity index (χ1n) is 3.73. The van der Waals surface area contributed by atoms with Gasteiger partial charge in [0.25, 0.3) is 0 Å². The molecule has 0 aliphatic heterocycles. The van der Waals surface area contributed by atoms with Crippen molar-refractivity contribution in [1.29, 1.82) is 0 Å². The molecule has 1 aromatic carbocycles. The number of nitrogens with one attached hydrogen (secondary N) is 1. The number of sulfonamides is 1.